The topological polar surface area (TPSA) is 79.4 Å². The first-order valence-electron chi connectivity index (χ1n) is 20.8. The van der Waals surface area contributed by atoms with Gasteiger partial charge in [0.2, 0.25) is 11.8 Å². The largest absolute Gasteiger partial charge is 0.508 e. The van der Waals surface area contributed by atoms with Crippen molar-refractivity contribution in [3.05, 3.63) is 124 Å². The van der Waals surface area contributed by atoms with E-state index in [1.807, 2.05) is 18.2 Å². The number of aromatic hydroxyl groups is 1. The molecule has 3 unspecified atom stereocenters. The van der Waals surface area contributed by atoms with Gasteiger partial charge >= 0.3 is 0 Å². The summed E-state index contributed by atoms with van der Waals surface area (Å²) in [6, 6.07) is 29.8. The zero-order valence-electron chi connectivity index (χ0n) is 32.7. The smallest absolute Gasteiger partial charge is 0.243 e. The predicted octanol–water partition coefficient (Wildman–Crippen LogP) is 7.33. The van der Waals surface area contributed by atoms with Crippen molar-refractivity contribution in [2.24, 2.45) is 5.92 Å². The second-order valence-electron chi connectivity index (χ2n) is 17.2. The molecular formula is C47H54FN5O3. The third-order valence-electron chi connectivity index (χ3n) is 13.5. The molecule has 2 amide bonds. The number of hydrogen-bond donors (Lipinski definition) is 2. The Morgan fingerprint density at radius 3 is 2.20 bits per heavy atom. The summed E-state index contributed by atoms with van der Waals surface area (Å²) in [4.78, 5) is 33.7. The SMILES string of the molecule is CC1CN(CC2CCN(c3ccc([C@@H]4c5ccc(O)cc5CC[C@@H]4c4ccccc4)cc3)CC2)CC(C)N1c1cc2c(cc1F)CN(C1CCC(=O)NC1=O)C2. The van der Waals surface area contributed by atoms with Crippen molar-refractivity contribution < 1.29 is 19.1 Å². The van der Waals surface area contributed by atoms with Gasteiger partial charge in [-0.25, -0.2) is 4.39 Å². The van der Waals surface area contributed by atoms with E-state index in [0.29, 0.717) is 49.2 Å². The molecule has 0 bridgehead atoms. The third kappa shape index (κ3) is 7.20. The fraction of sp³-hybridized carbons (Fsp3) is 0.447. The maximum Gasteiger partial charge on any atom is 0.243 e. The monoisotopic (exact) mass is 755 g/mol. The fourth-order valence-corrected chi connectivity index (χ4v) is 10.8. The Bertz CT molecular complexity index is 2070. The molecule has 4 heterocycles. The third-order valence-corrected chi connectivity index (χ3v) is 13.5. The number of hydrogen-bond acceptors (Lipinski definition) is 7. The number of nitrogens with zero attached hydrogens (tertiary/aromatic N) is 4. The number of piperidine rings is 2. The van der Waals surface area contributed by atoms with Crippen LogP contribution in [0.4, 0.5) is 15.8 Å². The van der Waals surface area contributed by atoms with E-state index in [1.54, 1.807) is 6.07 Å². The van der Waals surface area contributed by atoms with Crippen LogP contribution in [0.25, 0.3) is 0 Å². The van der Waals surface area contributed by atoms with Gasteiger partial charge in [-0.3, -0.25) is 24.7 Å². The zero-order valence-corrected chi connectivity index (χ0v) is 32.7. The molecule has 0 aromatic heterocycles. The second-order valence-corrected chi connectivity index (χ2v) is 17.2. The van der Waals surface area contributed by atoms with Gasteiger partial charge < -0.3 is 14.9 Å². The van der Waals surface area contributed by atoms with E-state index >= 15 is 4.39 Å². The number of fused-ring (bicyclic) bond motifs is 2. The number of halogens is 1. The average Bonchev–Trinajstić information content (AvgIpc) is 3.60. The van der Waals surface area contributed by atoms with Gasteiger partial charge in [-0.05, 0) is 128 Å². The lowest BCUT2D eigenvalue weighted by atomic mass is 9.69. The lowest BCUT2D eigenvalue weighted by Crippen LogP contribution is -2.58. The number of piperazine rings is 1. The molecule has 292 valence electrons. The Hall–Kier alpha value is -4.73. The van der Waals surface area contributed by atoms with E-state index in [-0.39, 0.29) is 41.7 Å². The number of imide groups is 1. The van der Waals surface area contributed by atoms with Crippen LogP contribution >= 0.6 is 0 Å². The highest BCUT2D eigenvalue weighted by atomic mass is 19.1. The number of phenolic OH excluding ortho intramolecular Hbond substituents is 1. The van der Waals surface area contributed by atoms with Gasteiger partial charge in [0.15, 0.2) is 0 Å². The number of anilines is 2. The van der Waals surface area contributed by atoms with E-state index in [2.05, 4.69) is 99.4 Å². The highest BCUT2D eigenvalue weighted by Gasteiger charge is 2.38. The Balaban J connectivity index is 0.810. The predicted molar refractivity (Wildman–Crippen MR) is 218 cm³/mol. The average molecular weight is 756 g/mol. The minimum absolute atomic E-state index is 0.167. The Labute approximate surface area is 330 Å². The van der Waals surface area contributed by atoms with Crippen LogP contribution in [0.5, 0.6) is 5.75 Å². The van der Waals surface area contributed by atoms with E-state index in [4.69, 9.17) is 0 Å². The molecule has 0 spiro atoms. The molecule has 9 heteroatoms. The van der Waals surface area contributed by atoms with Crippen LogP contribution in [0.2, 0.25) is 0 Å². The van der Waals surface area contributed by atoms with Crippen LogP contribution in [0.1, 0.15) is 91.2 Å². The van der Waals surface area contributed by atoms with Crippen molar-refractivity contribution >= 4 is 23.2 Å². The van der Waals surface area contributed by atoms with Crippen LogP contribution in [0.15, 0.2) is 84.9 Å². The summed E-state index contributed by atoms with van der Waals surface area (Å²) in [5, 5.41) is 12.7. The second kappa shape index (κ2) is 15.3. The Morgan fingerprint density at radius 1 is 0.768 bits per heavy atom. The number of benzene rings is 4. The summed E-state index contributed by atoms with van der Waals surface area (Å²) in [6.45, 7) is 10.5. The van der Waals surface area contributed by atoms with E-state index < -0.39 is 0 Å². The quantitative estimate of drug-likeness (QED) is 0.192. The van der Waals surface area contributed by atoms with Crippen molar-refractivity contribution in [1.82, 2.24) is 15.1 Å². The molecule has 4 aromatic carbocycles. The maximum absolute atomic E-state index is 15.8. The summed E-state index contributed by atoms with van der Waals surface area (Å²) in [5.74, 6) is 0.978. The molecule has 4 aromatic rings. The Morgan fingerprint density at radius 2 is 1.48 bits per heavy atom. The van der Waals surface area contributed by atoms with Crippen LogP contribution in [-0.2, 0) is 29.1 Å². The van der Waals surface area contributed by atoms with Crippen LogP contribution in [-0.4, -0.2) is 77.6 Å². The highest BCUT2D eigenvalue weighted by Crippen LogP contribution is 2.47. The number of amides is 2. The lowest BCUT2D eigenvalue weighted by molar-refractivity contribution is -0.137. The summed E-state index contributed by atoms with van der Waals surface area (Å²) < 4.78 is 15.8. The number of carbonyl (C=O) groups excluding carboxylic acids is 2. The molecule has 1 aliphatic carbocycles. The highest BCUT2D eigenvalue weighted by molar-refractivity contribution is 6.00. The molecular weight excluding hydrogens is 702 g/mol. The normalized spacial score (nSPS) is 26.2. The van der Waals surface area contributed by atoms with E-state index in [0.717, 1.165) is 69.5 Å². The van der Waals surface area contributed by atoms with Gasteiger partial charge in [0.05, 0.1) is 11.7 Å². The molecule has 0 saturated carbocycles. The molecule has 0 radical (unpaired) electrons. The zero-order chi connectivity index (χ0) is 38.5. The number of aryl methyl sites for hydroxylation is 1. The number of nitrogens with one attached hydrogen (secondary N) is 1. The standard InChI is InChI=1S/C47H54FN5O3/c1-30-25-50(26-31(2)53(30)44-24-37-29-52(28-36(37)23-42(44)48)43-16-17-45(55)49-47(43)56)27-32-18-20-51(21-19-32)38-11-8-34(9-12-38)46-40(33-6-4-3-5-7-33)14-10-35-22-39(54)13-15-41(35)46/h3-9,11-13,15,22-24,30-32,40,43,46,54H,10,14,16-21,25-29H2,1-2H3,(H,49,55,56)/t30?,31?,40-,43?,46+/m1/s1. The first-order valence-corrected chi connectivity index (χ1v) is 20.8. The first kappa shape index (κ1) is 36.9. The Kier molecular flexibility index (Phi) is 10.1. The van der Waals surface area contributed by atoms with Gasteiger partial charge in [-0.2, -0.15) is 0 Å². The van der Waals surface area contributed by atoms with Gasteiger partial charge in [0.1, 0.15) is 11.6 Å². The summed E-state index contributed by atoms with van der Waals surface area (Å²) in [5.41, 5.74) is 9.26. The van der Waals surface area contributed by atoms with Crippen LogP contribution < -0.4 is 15.1 Å². The summed E-state index contributed by atoms with van der Waals surface area (Å²) >= 11 is 0. The number of phenols is 1. The molecule has 3 saturated heterocycles. The van der Waals surface area contributed by atoms with Crippen molar-refractivity contribution in [3.8, 4) is 5.75 Å². The van der Waals surface area contributed by atoms with Crippen molar-refractivity contribution in [2.75, 3.05) is 42.5 Å². The summed E-state index contributed by atoms with van der Waals surface area (Å²) in [7, 11) is 0. The van der Waals surface area contributed by atoms with Crippen molar-refractivity contribution in [3.63, 3.8) is 0 Å². The first-order chi connectivity index (χ1) is 27.2. The van der Waals surface area contributed by atoms with Gasteiger partial charge in [-0.15, -0.1) is 0 Å². The minimum Gasteiger partial charge on any atom is -0.508 e. The molecule has 4 aliphatic heterocycles. The van der Waals surface area contributed by atoms with Gasteiger partial charge in [0.25, 0.3) is 0 Å². The van der Waals surface area contributed by atoms with Crippen LogP contribution in [0.3, 0.4) is 0 Å². The molecule has 2 N–H and O–H groups in total. The minimum atomic E-state index is -0.351. The van der Waals surface area contributed by atoms with Crippen molar-refractivity contribution in [1.29, 1.82) is 0 Å². The maximum atomic E-state index is 15.8. The van der Waals surface area contributed by atoms with E-state index in [1.165, 1.54) is 27.9 Å². The molecule has 5 atom stereocenters. The number of rotatable bonds is 7. The van der Waals surface area contributed by atoms with E-state index in [9.17, 15) is 14.7 Å². The fourth-order valence-electron chi connectivity index (χ4n) is 10.8. The van der Waals surface area contributed by atoms with Gasteiger partial charge in [0, 0.05) is 75.9 Å². The summed E-state index contributed by atoms with van der Waals surface area (Å²) in [6.07, 6.45) is 5.20. The molecule has 5 aliphatic rings. The molecule has 8 nitrogen and oxygen atoms in total. The van der Waals surface area contributed by atoms with Crippen LogP contribution in [0, 0.1) is 11.7 Å². The van der Waals surface area contributed by atoms with Crippen molar-refractivity contribution in [2.45, 2.75) is 95.4 Å². The number of carbonyl (C=O) groups is 2. The lowest BCUT2D eigenvalue weighted by Gasteiger charge is -2.47. The molecule has 9 rings (SSSR count). The molecule has 3 fully saturated rings. The molecule has 56 heavy (non-hydrogen) atoms. The van der Waals surface area contributed by atoms with Gasteiger partial charge in [-0.1, -0.05) is 48.5 Å².